The lowest BCUT2D eigenvalue weighted by atomic mass is 10.0. The first kappa shape index (κ1) is 24.9. The number of anilines is 2. The van der Waals surface area contributed by atoms with E-state index in [0.29, 0.717) is 35.9 Å². The van der Waals surface area contributed by atoms with E-state index in [9.17, 15) is 18.0 Å². The molecule has 178 valence electrons. The summed E-state index contributed by atoms with van der Waals surface area (Å²) in [6.45, 7) is 7.18. The van der Waals surface area contributed by atoms with Gasteiger partial charge in [0.2, 0.25) is 15.9 Å². The minimum Gasteiger partial charge on any atom is -0.326 e. The fourth-order valence-corrected chi connectivity index (χ4v) is 5.37. The number of hydrogen-bond donors (Lipinski definition) is 2. The Kier molecular flexibility index (Phi) is 8.26. The van der Waals surface area contributed by atoms with Crippen molar-refractivity contribution < 1.29 is 18.0 Å². The molecule has 1 aliphatic rings. The van der Waals surface area contributed by atoms with Crippen molar-refractivity contribution in [3.63, 3.8) is 0 Å². The fourth-order valence-electron chi connectivity index (χ4n) is 3.90. The normalized spacial score (nSPS) is 15.4. The summed E-state index contributed by atoms with van der Waals surface area (Å²) in [4.78, 5) is 25.0. The molecular weight excluding hydrogens is 438 g/mol. The molecule has 33 heavy (non-hydrogen) atoms. The molecule has 0 saturated carbocycles. The first-order valence-electron chi connectivity index (χ1n) is 11.6. The molecule has 0 radical (unpaired) electrons. The van der Waals surface area contributed by atoms with E-state index in [1.807, 2.05) is 13.8 Å². The van der Waals surface area contributed by atoms with Gasteiger partial charge in [0.15, 0.2) is 0 Å². The highest BCUT2D eigenvalue weighted by Gasteiger charge is 2.28. The van der Waals surface area contributed by atoms with Crippen molar-refractivity contribution in [2.24, 2.45) is 11.8 Å². The predicted molar refractivity (Wildman–Crippen MR) is 131 cm³/mol. The van der Waals surface area contributed by atoms with Crippen LogP contribution in [-0.4, -0.2) is 37.6 Å². The van der Waals surface area contributed by atoms with Crippen molar-refractivity contribution in [1.82, 2.24) is 4.31 Å². The molecule has 1 aliphatic heterocycles. The van der Waals surface area contributed by atoms with Crippen LogP contribution in [0, 0.1) is 11.8 Å². The zero-order valence-electron chi connectivity index (χ0n) is 19.5. The van der Waals surface area contributed by atoms with Crippen LogP contribution in [0.5, 0.6) is 0 Å². The van der Waals surface area contributed by atoms with Crippen LogP contribution in [0.25, 0.3) is 0 Å². The van der Waals surface area contributed by atoms with Crippen molar-refractivity contribution in [3.05, 3.63) is 54.1 Å². The van der Waals surface area contributed by atoms with Gasteiger partial charge in [0.1, 0.15) is 0 Å². The van der Waals surface area contributed by atoms with Gasteiger partial charge in [-0.2, -0.15) is 4.31 Å². The maximum atomic E-state index is 12.8. The number of piperidine rings is 1. The minimum absolute atomic E-state index is 0.0219. The third-order valence-electron chi connectivity index (χ3n) is 6.26. The Balaban J connectivity index is 1.61. The Morgan fingerprint density at radius 1 is 0.909 bits per heavy atom. The molecule has 0 atom stereocenters. The number of benzene rings is 2. The van der Waals surface area contributed by atoms with Crippen LogP contribution < -0.4 is 10.6 Å². The summed E-state index contributed by atoms with van der Waals surface area (Å²) in [5.41, 5.74) is 1.59. The maximum Gasteiger partial charge on any atom is 0.255 e. The third kappa shape index (κ3) is 6.21. The van der Waals surface area contributed by atoms with E-state index < -0.39 is 10.0 Å². The SMILES string of the molecule is CCC(CC)C(=O)Nc1ccc(C(=O)Nc2ccc(S(=O)(=O)N3CCC(C)CC3)cc2)cc1. The highest BCUT2D eigenvalue weighted by atomic mass is 32.2. The van der Waals surface area contributed by atoms with Crippen molar-refractivity contribution in [2.45, 2.75) is 51.3 Å². The number of nitrogens with zero attached hydrogens (tertiary/aromatic N) is 1. The van der Waals surface area contributed by atoms with Crippen LogP contribution >= 0.6 is 0 Å². The van der Waals surface area contributed by atoms with E-state index in [-0.39, 0.29) is 22.6 Å². The van der Waals surface area contributed by atoms with Crippen LogP contribution in [0.15, 0.2) is 53.4 Å². The Hall–Kier alpha value is -2.71. The van der Waals surface area contributed by atoms with Gasteiger partial charge in [-0.1, -0.05) is 20.8 Å². The Morgan fingerprint density at radius 3 is 1.97 bits per heavy atom. The molecule has 2 aromatic rings. The first-order valence-corrected chi connectivity index (χ1v) is 13.0. The van der Waals surface area contributed by atoms with Gasteiger partial charge in [-0.3, -0.25) is 9.59 Å². The molecule has 1 fully saturated rings. The van der Waals surface area contributed by atoms with Gasteiger partial charge in [0.25, 0.3) is 5.91 Å². The molecule has 7 nitrogen and oxygen atoms in total. The number of hydrogen-bond acceptors (Lipinski definition) is 4. The van der Waals surface area contributed by atoms with Crippen LogP contribution in [-0.2, 0) is 14.8 Å². The summed E-state index contributed by atoms with van der Waals surface area (Å²) >= 11 is 0. The number of nitrogens with one attached hydrogen (secondary N) is 2. The second kappa shape index (κ2) is 10.9. The van der Waals surface area contributed by atoms with Crippen molar-refractivity contribution in [3.8, 4) is 0 Å². The number of carbonyl (C=O) groups excluding carboxylic acids is 2. The standard InChI is InChI=1S/C25H33N3O4S/c1-4-19(5-2)24(29)26-21-8-6-20(7-9-21)25(30)27-22-10-12-23(13-11-22)33(31,32)28-16-14-18(3)15-17-28/h6-13,18-19H,4-5,14-17H2,1-3H3,(H,26,29)(H,27,30). The summed E-state index contributed by atoms with van der Waals surface area (Å²) in [5.74, 6) is 0.182. The fraction of sp³-hybridized carbons (Fsp3) is 0.440. The van der Waals surface area contributed by atoms with Gasteiger partial charge in [-0.15, -0.1) is 0 Å². The summed E-state index contributed by atoms with van der Waals surface area (Å²) < 4.78 is 27.2. The molecule has 0 bridgehead atoms. The van der Waals surface area contributed by atoms with E-state index in [4.69, 9.17) is 0 Å². The van der Waals surface area contributed by atoms with Gasteiger partial charge < -0.3 is 10.6 Å². The molecular formula is C25H33N3O4S. The molecule has 2 N–H and O–H groups in total. The zero-order valence-corrected chi connectivity index (χ0v) is 20.3. The number of carbonyl (C=O) groups is 2. The highest BCUT2D eigenvalue weighted by Crippen LogP contribution is 2.24. The molecule has 1 saturated heterocycles. The maximum absolute atomic E-state index is 12.8. The molecule has 2 amide bonds. The Morgan fingerprint density at radius 2 is 1.42 bits per heavy atom. The zero-order chi connectivity index (χ0) is 24.0. The van der Waals surface area contributed by atoms with Gasteiger partial charge in [-0.25, -0.2) is 8.42 Å². The second-order valence-corrected chi connectivity index (χ2v) is 10.6. The average Bonchev–Trinajstić information content (AvgIpc) is 2.81. The van der Waals surface area contributed by atoms with Crippen molar-refractivity contribution in [1.29, 1.82) is 0 Å². The average molecular weight is 472 g/mol. The molecule has 2 aromatic carbocycles. The van der Waals surface area contributed by atoms with E-state index in [2.05, 4.69) is 17.6 Å². The molecule has 0 aliphatic carbocycles. The summed E-state index contributed by atoms with van der Waals surface area (Å²) in [7, 11) is -3.52. The summed E-state index contributed by atoms with van der Waals surface area (Å²) in [5, 5.41) is 5.66. The first-order chi connectivity index (χ1) is 15.7. The van der Waals surface area contributed by atoms with Gasteiger partial charge in [0, 0.05) is 35.9 Å². The van der Waals surface area contributed by atoms with Crippen LogP contribution in [0.3, 0.4) is 0 Å². The van der Waals surface area contributed by atoms with Crippen molar-refractivity contribution >= 4 is 33.2 Å². The van der Waals surface area contributed by atoms with Gasteiger partial charge >= 0.3 is 0 Å². The minimum atomic E-state index is -3.52. The van der Waals surface area contributed by atoms with E-state index in [0.717, 1.165) is 25.7 Å². The van der Waals surface area contributed by atoms with E-state index in [1.165, 1.54) is 16.4 Å². The lowest BCUT2D eigenvalue weighted by Gasteiger charge is -2.29. The third-order valence-corrected chi connectivity index (χ3v) is 8.18. The molecule has 8 heteroatoms. The van der Waals surface area contributed by atoms with Crippen LogP contribution in [0.2, 0.25) is 0 Å². The van der Waals surface area contributed by atoms with Gasteiger partial charge in [-0.05, 0) is 80.1 Å². The highest BCUT2D eigenvalue weighted by molar-refractivity contribution is 7.89. The molecule has 0 aromatic heterocycles. The molecule has 0 unspecified atom stereocenters. The largest absolute Gasteiger partial charge is 0.326 e. The lowest BCUT2D eigenvalue weighted by molar-refractivity contribution is -0.120. The monoisotopic (exact) mass is 471 g/mol. The topological polar surface area (TPSA) is 95.6 Å². The van der Waals surface area contributed by atoms with E-state index in [1.54, 1.807) is 36.4 Å². The Bertz CT molecular complexity index is 1050. The Labute approximate surface area is 196 Å². The molecule has 3 rings (SSSR count). The molecule has 1 heterocycles. The van der Waals surface area contributed by atoms with E-state index >= 15 is 0 Å². The predicted octanol–water partition coefficient (Wildman–Crippen LogP) is 4.73. The summed E-state index contributed by atoms with van der Waals surface area (Å²) in [6, 6.07) is 12.9. The number of amides is 2. The smallest absolute Gasteiger partial charge is 0.255 e. The quantitative estimate of drug-likeness (QED) is 0.582. The number of sulfonamides is 1. The number of rotatable bonds is 8. The summed E-state index contributed by atoms with van der Waals surface area (Å²) in [6.07, 6.45) is 3.29. The van der Waals surface area contributed by atoms with Crippen molar-refractivity contribution in [2.75, 3.05) is 23.7 Å². The van der Waals surface area contributed by atoms with Crippen LogP contribution in [0.1, 0.15) is 56.8 Å². The second-order valence-electron chi connectivity index (χ2n) is 8.65. The lowest BCUT2D eigenvalue weighted by Crippen LogP contribution is -2.37. The van der Waals surface area contributed by atoms with Crippen LogP contribution in [0.4, 0.5) is 11.4 Å². The van der Waals surface area contributed by atoms with Gasteiger partial charge in [0.05, 0.1) is 4.90 Å². The molecule has 0 spiro atoms.